The fraction of sp³-hybridized carbons (Fsp3) is 0.923. The van der Waals surface area contributed by atoms with E-state index in [4.69, 9.17) is 5.26 Å². The Balaban J connectivity index is 1.86. The molecule has 1 saturated carbocycles. The van der Waals surface area contributed by atoms with Crippen molar-refractivity contribution < 1.29 is 0 Å². The third kappa shape index (κ3) is 5.18. The van der Waals surface area contributed by atoms with Crippen molar-refractivity contribution in [3.05, 3.63) is 0 Å². The fourth-order valence-corrected chi connectivity index (χ4v) is 1.92. The van der Waals surface area contributed by atoms with Gasteiger partial charge in [0.15, 0.2) is 0 Å². The standard InChI is InChI=1S/C13H24N2/c1-13(2,11-14)8-4-9-15-10-7-12-5-3-6-12/h12,15H,3-10H2,1-2H3. The summed E-state index contributed by atoms with van der Waals surface area (Å²) < 4.78 is 0. The monoisotopic (exact) mass is 208 g/mol. The maximum atomic E-state index is 8.84. The van der Waals surface area contributed by atoms with Crippen LogP contribution >= 0.6 is 0 Å². The third-order valence-corrected chi connectivity index (χ3v) is 3.41. The third-order valence-electron chi connectivity index (χ3n) is 3.41. The lowest BCUT2D eigenvalue weighted by Gasteiger charge is -2.25. The molecule has 0 amide bonds. The Labute approximate surface area is 94.1 Å². The highest BCUT2D eigenvalue weighted by Crippen LogP contribution is 2.28. The number of nitrogens with one attached hydrogen (secondary N) is 1. The van der Waals surface area contributed by atoms with Crippen LogP contribution in [0, 0.1) is 22.7 Å². The molecule has 0 aromatic carbocycles. The highest BCUT2D eigenvalue weighted by Gasteiger charge is 2.17. The molecule has 86 valence electrons. The Hall–Kier alpha value is -0.550. The van der Waals surface area contributed by atoms with E-state index >= 15 is 0 Å². The predicted molar refractivity (Wildman–Crippen MR) is 63.5 cm³/mol. The maximum Gasteiger partial charge on any atom is 0.0683 e. The van der Waals surface area contributed by atoms with E-state index in [1.165, 1.54) is 25.7 Å². The van der Waals surface area contributed by atoms with Gasteiger partial charge in [0, 0.05) is 0 Å². The fourth-order valence-electron chi connectivity index (χ4n) is 1.92. The molecular weight excluding hydrogens is 184 g/mol. The van der Waals surface area contributed by atoms with Gasteiger partial charge in [0.2, 0.25) is 0 Å². The molecule has 0 bridgehead atoms. The van der Waals surface area contributed by atoms with Crippen LogP contribution in [0.5, 0.6) is 0 Å². The van der Waals surface area contributed by atoms with Gasteiger partial charge in [-0.1, -0.05) is 19.3 Å². The maximum absolute atomic E-state index is 8.84. The van der Waals surface area contributed by atoms with Crippen LogP contribution in [0.15, 0.2) is 0 Å². The van der Waals surface area contributed by atoms with Gasteiger partial charge >= 0.3 is 0 Å². The Bertz CT molecular complexity index is 211. The van der Waals surface area contributed by atoms with E-state index in [-0.39, 0.29) is 5.41 Å². The van der Waals surface area contributed by atoms with Crippen molar-refractivity contribution in [2.45, 2.75) is 52.4 Å². The van der Waals surface area contributed by atoms with Crippen molar-refractivity contribution in [2.75, 3.05) is 13.1 Å². The molecule has 15 heavy (non-hydrogen) atoms. The van der Waals surface area contributed by atoms with Crippen LogP contribution in [0.3, 0.4) is 0 Å². The summed E-state index contributed by atoms with van der Waals surface area (Å²) in [5, 5.41) is 12.3. The molecule has 0 saturated heterocycles. The molecule has 0 atom stereocenters. The van der Waals surface area contributed by atoms with Crippen LogP contribution in [0.2, 0.25) is 0 Å². The minimum atomic E-state index is -0.143. The number of hydrogen-bond donors (Lipinski definition) is 1. The van der Waals surface area contributed by atoms with Crippen molar-refractivity contribution in [1.29, 1.82) is 5.26 Å². The van der Waals surface area contributed by atoms with Gasteiger partial charge in [-0.05, 0) is 52.1 Å². The Morgan fingerprint density at radius 1 is 1.33 bits per heavy atom. The second-order valence-electron chi connectivity index (χ2n) is 5.43. The molecule has 0 aromatic heterocycles. The van der Waals surface area contributed by atoms with Gasteiger partial charge in [-0.15, -0.1) is 0 Å². The summed E-state index contributed by atoms with van der Waals surface area (Å²) in [6.07, 6.45) is 7.81. The summed E-state index contributed by atoms with van der Waals surface area (Å²) >= 11 is 0. The van der Waals surface area contributed by atoms with E-state index in [9.17, 15) is 0 Å². The first-order valence-electron chi connectivity index (χ1n) is 6.26. The van der Waals surface area contributed by atoms with E-state index in [1.807, 2.05) is 13.8 Å². The van der Waals surface area contributed by atoms with E-state index in [0.717, 1.165) is 31.8 Å². The Kier molecular flexibility index (Phi) is 5.11. The van der Waals surface area contributed by atoms with Crippen LogP contribution in [-0.4, -0.2) is 13.1 Å². The average Bonchev–Trinajstić information content (AvgIpc) is 2.13. The molecule has 1 rings (SSSR count). The predicted octanol–water partition coefficient (Wildman–Crippen LogP) is 3.10. The molecular formula is C13H24N2. The molecule has 0 unspecified atom stereocenters. The van der Waals surface area contributed by atoms with Gasteiger partial charge in [0.05, 0.1) is 11.5 Å². The first-order valence-corrected chi connectivity index (χ1v) is 6.26. The topological polar surface area (TPSA) is 35.8 Å². The Morgan fingerprint density at radius 3 is 2.60 bits per heavy atom. The number of hydrogen-bond acceptors (Lipinski definition) is 2. The second kappa shape index (κ2) is 6.12. The van der Waals surface area contributed by atoms with Gasteiger partial charge in [-0.25, -0.2) is 0 Å². The molecule has 2 heteroatoms. The van der Waals surface area contributed by atoms with Crippen molar-refractivity contribution in [2.24, 2.45) is 11.3 Å². The number of nitriles is 1. The van der Waals surface area contributed by atoms with Crippen LogP contribution in [0.4, 0.5) is 0 Å². The summed E-state index contributed by atoms with van der Waals surface area (Å²) in [4.78, 5) is 0. The Morgan fingerprint density at radius 2 is 2.07 bits per heavy atom. The smallest absolute Gasteiger partial charge is 0.0683 e. The number of nitrogens with zero attached hydrogens (tertiary/aromatic N) is 1. The molecule has 1 aliphatic carbocycles. The first kappa shape index (κ1) is 12.5. The highest BCUT2D eigenvalue weighted by atomic mass is 14.8. The van der Waals surface area contributed by atoms with Crippen molar-refractivity contribution in [3.8, 4) is 6.07 Å². The van der Waals surface area contributed by atoms with Crippen LogP contribution in [0.1, 0.15) is 52.4 Å². The lowest BCUT2D eigenvalue weighted by atomic mass is 9.83. The second-order valence-corrected chi connectivity index (χ2v) is 5.43. The molecule has 0 heterocycles. The van der Waals surface area contributed by atoms with E-state index in [0.29, 0.717) is 0 Å². The van der Waals surface area contributed by atoms with E-state index in [2.05, 4.69) is 11.4 Å². The summed E-state index contributed by atoms with van der Waals surface area (Å²) in [5.74, 6) is 1.01. The molecule has 0 aliphatic heterocycles. The van der Waals surface area contributed by atoms with Crippen LogP contribution in [0.25, 0.3) is 0 Å². The zero-order valence-corrected chi connectivity index (χ0v) is 10.2. The normalized spacial score (nSPS) is 17.1. The average molecular weight is 208 g/mol. The van der Waals surface area contributed by atoms with E-state index < -0.39 is 0 Å². The van der Waals surface area contributed by atoms with Crippen molar-refractivity contribution >= 4 is 0 Å². The van der Waals surface area contributed by atoms with Crippen LogP contribution in [-0.2, 0) is 0 Å². The SMILES string of the molecule is CC(C)(C#N)CCCNCCC1CCC1. The summed E-state index contributed by atoms with van der Waals surface area (Å²) in [5.41, 5.74) is -0.143. The summed E-state index contributed by atoms with van der Waals surface area (Å²) in [6, 6.07) is 2.34. The molecule has 1 aliphatic rings. The van der Waals surface area contributed by atoms with E-state index in [1.54, 1.807) is 0 Å². The molecule has 0 spiro atoms. The van der Waals surface area contributed by atoms with Crippen molar-refractivity contribution in [1.82, 2.24) is 5.32 Å². The van der Waals surface area contributed by atoms with Gasteiger partial charge in [-0.3, -0.25) is 0 Å². The van der Waals surface area contributed by atoms with Gasteiger partial charge in [-0.2, -0.15) is 5.26 Å². The summed E-state index contributed by atoms with van der Waals surface area (Å²) in [6.45, 7) is 6.26. The lowest BCUT2D eigenvalue weighted by Crippen LogP contribution is -2.23. The number of rotatable bonds is 7. The quantitative estimate of drug-likeness (QED) is 0.653. The largest absolute Gasteiger partial charge is 0.317 e. The minimum Gasteiger partial charge on any atom is -0.317 e. The molecule has 1 fully saturated rings. The first-order chi connectivity index (χ1) is 7.14. The minimum absolute atomic E-state index is 0.143. The van der Waals surface area contributed by atoms with Crippen LogP contribution < -0.4 is 5.32 Å². The molecule has 1 N–H and O–H groups in total. The zero-order valence-electron chi connectivity index (χ0n) is 10.2. The van der Waals surface area contributed by atoms with Gasteiger partial charge in [0.1, 0.15) is 0 Å². The zero-order chi connectivity index (χ0) is 11.1. The van der Waals surface area contributed by atoms with Gasteiger partial charge < -0.3 is 5.32 Å². The molecule has 2 nitrogen and oxygen atoms in total. The van der Waals surface area contributed by atoms with Crippen molar-refractivity contribution in [3.63, 3.8) is 0 Å². The van der Waals surface area contributed by atoms with Gasteiger partial charge in [0.25, 0.3) is 0 Å². The molecule has 0 radical (unpaired) electrons. The molecule has 0 aromatic rings. The lowest BCUT2D eigenvalue weighted by molar-refractivity contribution is 0.291. The summed E-state index contributed by atoms with van der Waals surface area (Å²) in [7, 11) is 0. The highest BCUT2D eigenvalue weighted by molar-refractivity contribution is 4.91.